The van der Waals surface area contributed by atoms with Crippen LogP contribution in [0.1, 0.15) is 64.8 Å². The van der Waals surface area contributed by atoms with E-state index in [1.807, 2.05) is 0 Å². The minimum Gasteiger partial charge on any atom is -0.545 e. The SMILES string of the molecule is Nc1c(OCCCCCCOC(=O)/C=C/c2ccc(OC(=O)c3ccc(OCCCC(F)(F)F)cc3)cc2)ccc(C(=O)[O-])c1N. The van der Waals surface area contributed by atoms with Crippen LogP contribution in [0, 0.1) is 0 Å². The number of aromatic carboxylic acids is 1. The lowest BCUT2D eigenvalue weighted by Crippen LogP contribution is -2.24. The van der Waals surface area contributed by atoms with Crippen LogP contribution in [0.25, 0.3) is 6.08 Å². The summed E-state index contributed by atoms with van der Waals surface area (Å²) in [5.74, 6) is -1.61. The number of rotatable bonds is 17. The first kappa shape index (κ1) is 35.3. The number of hydrogen-bond acceptors (Lipinski definition) is 10. The van der Waals surface area contributed by atoms with Gasteiger partial charge in [0.25, 0.3) is 0 Å². The van der Waals surface area contributed by atoms with Crippen LogP contribution in [-0.4, -0.2) is 43.9 Å². The van der Waals surface area contributed by atoms with Crippen LogP contribution in [0.4, 0.5) is 24.5 Å². The lowest BCUT2D eigenvalue weighted by molar-refractivity contribution is -0.254. The van der Waals surface area contributed by atoms with E-state index >= 15 is 0 Å². The number of alkyl halides is 3. The van der Waals surface area contributed by atoms with Crippen molar-refractivity contribution in [3.63, 3.8) is 0 Å². The van der Waals surface area contributed by atoms with E-state index in [0.717, 1.165) is 12.8 Å². The zero-order chi connectivity index (χ0) is 33.5. The highest BCUT2D eigenvalue weighted by Gasteiger charge is 2.26. The molecule has 3 rings (SSSR count). The summed E-state index contributed by atoms with van der Waals surface area (Å²) in [5.41, 5.74) is 12.2. The maximum atomic E-state index is 12.4. The summed E-state index contributed by atoms with van der Waals surface area (Å²) in [6.07, 6.45) is 0.513. The van der Waals surface area contributed by atoms with E-state index in [-0.39, 0.29) is 47.9 Å². The second-order valence-electron chi connectivity index (χ2n) is 10.0. The Labute approximate surface area is 263 Å². The molecule has 3 aromatic carbocycles. The first-order valence-corrected chi connectivity index (χ1v) is 14.4. The summed E-state index contributed by atoms with van der Waals surface area (Å²) in [7, 11) is 0. The summed E-state index contributed by atoms with van der Waals surface area (Å²) >= 11 is 0. The second-order valence-corrected chi connectivity index (χ2v) is 10.0. The molecule has 0 atom stereocenters. The van der Waals surface area contributed by atoms with Crippen molar-refractivity contribution in [3.05, 3.63) is 83.4 Å². The maximum Gasteiger partial charge on any atom is 0.389 e. The van der Waals surface area contributed by atoms with E-state index in [1.165, 1.54) is 42.5 Å². The minimum atomic E-state index is -4.23. The molecule has 0 unspecified atom stereocenters. The summed E-state index contributed by atoms with van der Waals surface area (Å²) in [6.45, 7) is 0.512. The van der Waals surface area contributed by atoms with Gasteiger partial charge in [0.15, 0.2) is 0 Å². The Morgan fingerprint density at radius 1 is 0.739 bits per heavy atom. The van der Waals surface area contributed by atoms with Crippen molar-refractivity contribution in [3.8, 4) is 17.2 Å². The van der Waals surface area contributed by atoms with Crippen molar-refractivity contribution < 1.29 is 51.6 Å². The van der Waals surface area contributed by atoms with Crippen LogP contribution >= 0.6 is 0 Å². The fourth-order valence-electron chi connectivity index (χ4n) is 4.01. The molecule has 0 bridgehead atoms. The van der Waals surface area contributed by atoms with Crippen LogP contribution < -0.4 is 30.8 Å². The maximum absolute atomic E-state index is 12.4. The van der Waals surface area contributed by atoms with Gasteiger partial charge in [0.2, 0.25) is 0 Å². The van der Waals surface area contributed by atoms with Gasteiger partial charge in [-0.3, -0.25) is 0 Å². The Hall–Kier alpha value is -5.20. The summed E-state index contributed by atoms with van der Waals surface area (Å²) < 4.78 is 58.0. The molecule has 13 heteroatoms. The molecule has 0 radical (unpaired) electrons. The van der Waals surface area contributed by atoms with Crippen molar-refractivity contribution in [2.24, 2.45) is 0 Å². The van der Waals surface area contributed by atoms with Gasteiger partial charge in [-0.05, 0) is 92.3 Å². The number of anilines is 2. The van der Waals surface area contributed by atoms with E-state index < -0.39 is 30.5 Å². The third-order valence-corrected chi connectivity index (χ3v) is 6.47. The molecule has 0 fully saturated rings. The predicted molar refractivity (Wildman–Crippen MR) is 162 cm³/mol. The average Bonchev–Trinajstić information content (AvgIpc) is 3.02. The number of hydrogen-bond donors (Lipinski definition) is 2. The Morgan fingerprint density at radius 2 is 1.37 bits per heavy atom. The lowest BCUT2D eigenvalue weighted by atomic mass is 10.1. The van der Waals surface area contributed by atoms with Gasteiger partial charge in [-0.15, -0.1) is 0 Å². The molecule has 46 heavy (non-hydrogen) atoms. The van der Waals surface area contributed by atoms with E-state index in [0.29, 0.717) is 36.5 Å². The van der Waals surface area contributed by atoms with Crippen molar-refractivity contribution in [1.82, 2.24) is 0 Å². The number of carboxylic acids is 1. The molecule has 10 nitrogen and oxygen atoms in total. The van der Waals surface area contributed by atoms with E-state index in [1.54, 1.807) is 30.3 Å². The molecular formula is C33H34F3N2O8-. The summed E-state index contributed by atoms with van der Waals surface area (Å²) in [5, 5.41) is 11.0. The highest BCUT2D eigenvalue weighted by atomic mass is 19.4. The molecule has 0 aromatic heterocycles. The van der Waals surface area contributed by atoms with E-state index in [9.17, 15) is 32.7 Å². The predicted octanol–water partition coefficient (Wildman–Crippen LogP) is 5.35. The fourth-order valence-corrected chi connectivity index (χ4v) is 4.01. The minimum absolute atomic E-state index is 0.0540. The normalized spacial score (nSPS) is 11.3. The molecule has 0 spiro atoms. The largest absolute Gasteiger partial charge is 0.545 e. The molecule has 0 aliphatic heterocycles. The van der Waals surface area contributed by atoms with Crippen LogP contribution in [0.2, 0.25) is 0 Å². The van der Waals surface area contributed by atoms with Gasteiger partial charge >= 0.3 is 18.1 Å². The molecule has 0 heterocycles. The third-order valence-electron chi connectivity index (χ3n) is 6.47. The number of nitrogen functional groups attached to an aromatic ring is 2. The molecule has 3 aromatic rings. The first-order chi connectivity index (χ1) is 21.9. The first-order valence-electron chi connectivity index (χ1n) is 14.4. The van der Waals surface area contributed by atoms with Gasteiger partial charge < -0.3 is 40.3 Å². The fraction of sp³-hybridized carbons (Fsp3) is 0.303. The lowest BCUT2D eigenvalue weighted by Gasteiger charge is -2.14. The van der Waals surface area contributed by atoms with Gasteiger partial charge in [-0.25, -0.2) is 9.59 Å². The van der Waals surface area contributed by atoms with Gasteiger partial charge in [-0.1, -0.05) is 12.1 Å². The number of carbonyl (C=O) groups is 3. The Balaban J connectivity index is 1.29. The number of unbranched alkanes of at least 4 members (excludes halogenated alkanes) is 3. The van der Waals surface area contributed by atoms with Gasteiger partial charge in [0, 0.05) is 18.1 Å². The third kappa shape index (κ3) is 12.1. The molecule has 0 saturated heterocycles. The van der Waals surface area contributed by atoms with Crippen molar-refractivity contribution in [2.75, 3.05) is 31.3 Å². The average molecular weight is 644 g/mol. The summed E-state index contributed by atoms with van der Waals surface area (Å²) in [4.78, 5) is 35.4. The number of esters is 2. The number of carbonyl (C=O) groups excluding carboxylic acids is 3. The molecule has 0 aliphatic carbocycles. The van der Waals surface area contributed by atoms with Crippen molar-refractivity contribution in [1.29, 1.82) is 0 Å². The Kier molecular flexibility index (Phi) is 13.3. The molecule has 0 amide bonds. The monoisotopic (exact) mass is 643 g/mol. The molecule has 4 N–H and O–H groups in total. The summed E-state index contributed by atoms with van der Waals surface area (Å²) in [6, 6.07) is 15.0. The van der Waals surface area contributed by atoms with Crippen LogP contribution in [0.5, 0.6) is 17.2 Å². The number of benzene rings is 3. The van der Waals surface area contributed by atoms with E-state index in [4.69, 9.17) is 30.4 Å². The number of halogens is 3. The quantitative estimate of drug-likeness (QED) is 0.0644. The highest BCUT2D eigenvalue weighted by Crippen LogP contribution is 2.30. The van der Waals surface area contributed by atoms with Gasteiger partial charge in [-0.2, -0.15) is 13.2 Å². The van der Waals surface area contributed by atoms with E-state index in [2.05, 4.69) is 0 Å². The van der Waals surface area contributed by atoms with Crippen LogP contribution in [-0.2, 0) is 9.53 Å². The Morgan fingerprint density at radius 3 is 2.02 bits per heavy atom. The van der Waals surface area contributed by atoms with Crippen molar-refractivity contribution >= 4 is 35.4 Å². The molecule has 0 saturated carbocycles. The van der Waals surface area contributed by atoms with Crippen molar-refractivity contribution in [2.45, 2.75) is 44.7 Å². The van der Waals surface area contributed by atoms with Crippen LogP contribution in [0.15, 0.2) is 66.7 Å². The topological polar surface area (TPSA) is 163 Å². The molecule has 0 aliphatic rings. The smallest absolute Gasteiger partial charge is 0.389 e. The number of nitrogens with two attached hydrogens (primary N) is 2. The Bertz CT molecular complexity index is 1490. The second kappa shape index (κ2) is 17.3. The highest BCUT2D eigenvalue weighted by molar-refractivity contribution is 5.96. The standard InChI is InChI=1S/C33H35F3N2O8/c34-33(35,36)18-5-21-43-24-13-9-23(10-14-24)32(42)46-25-11-6-22(7-12-25)8-17-28(39)45-20-4-2-1-3-19-44-27-16-15-26(31(40)41)29(37)30(27)38/h6-17H,1-5,18-21,37-38H2,(H,40,41)/p-1/b17-8+. The zero-order valence-electron chi connectivity index (χ0n) is 24.8. The molecular weight excluding hydrogens is 609 g/mol. The van der Waals surface area contributed by atoms with Gasteiger partial charge in [0.1, 0.15) is 17.2 Å². The molecule has 246 valence electrons. The number of ether oxygens (including phenoxy) is 4. The van der Waals surface area contributed by atoms with Crippen LogP contribution in [0.3, 0.4) is 0 Å². The van der Waals surface area contributed by atoms with Gasteiger partial charge in [0.05, 0.1) is 42.7 Å². The number of carboxylic acid groups (broad SMARTS) is 1. The zero-order valence-corrected chi connectivity index (χ0v) is 24.8.